The second kappa shape index (κ2) is 9.36. The molecule has 5 aromatic rings. The second-order valence-corrected chi connectivity index (χ2v) is 10.7. The molecular weight excluding hydrogens is 524 g/mol. The zero-order valence-electron chi connectivity index (χ0n) is 19.4. The number of hydrogen-bond donors (Lipinski definition) is 1. The number of nitrogens with zero attached hydrogens (tertiary/aromatic N) is 3. The van der Waals surface area contributed by atoms with E-state index in [1.165, 1.54) is 52.3 Å². The van der Waals surface area contributed by atoms with Gasteiger partial charge in [-0.25, -0.2) is 9.88 Å². The van der Waals surface area contributed by atoms with Gasteiger partial charge in [-0.05, 0) is 47.9 Å². The van der Waals surface area contributed by atoms with E-state index in [1.807, 2.05) is 12.1 Å². The zero-order chi connectivity index (χ0) is 26.4. The number of aromatic nitrogens is 1. The number of nitrogens with one attached hydrogen (secondary N) is 1. The van der Waals surface area contributed by atoms with E-state index in [4.69, 9.17) is 0 Å². The van der Waals surface area contributed by atoms with Gasteiger partial charge in [0.15, 0.2) is 4.34 Å². The number of nitro groups is 1. The molecule has 11 heteroatoms. The Morgan fingerprint density at radius 3 is 2.32 bits per heavy atom. The predicted octanol–water partition coefficient (Wildman–Crippen LogP) is 5.89. The van der Waals surface area contributed by atoms with E-state index in [1.54, 1.807) is 42.5 Å². The van der Waals surface area contributed by atoms with Crippen LogP contribution in [0.5, 0.6) is 0 Å². The number of carbonyl (C=O) groups excluding carboxylic acids is 3. The summed E-state index contributed by atoms with van der Waals surface area (Å²) in [7, 11) is 0. The van der Waals surface area contributed by atoms with Crippen molar-refractivity contribution in [1.82, 2.24) is 4.98 Å². The van der Waals surface area contributed by atoms with Crippen LogP contribution in [0, 0.1) is 10.1 Å². The summed E-state index contributed by atoms with van der Waals surface area (Å²) >= 11 is 2.61. The van der Waals surface area contributed by atoms with Gasteiger partial charge in [0.2, 0.25) is 5.91 Å². The Morgan fingerprint density at radius 1 is 0.974 bits per heavy atom. The summed E-state index contributed by atoms with van der Waals surface area (Å²) in [6.45, 7) is 0. The molecular formula is C27H16N4O5S2. The maximum absolute atomic E-state index is 13.3. The van der Waals surface area contributed by atoms with E-state index in [-0.39, 0.29) is 29.2 Å². The van der Waals surface area contributed by atoms with Crippen molar-refractivity contribution in [2.75, 3.05) is 16.0 Å². The minimum atomic E-state index is -0.504. The third-order valence-electron chi connectivity index (χ3n) is 6.07. The number of amides is 3. The molecule has 0 aliphatic carbocycles. The van der Waals surface area contributed by atoms with Crippen molar-refractivity contribution in [2.24, 2.45) is 0 Å². The molecule has 1 aliphatic rings. The number of nitro benzene ring substituents is 1. The first-order chi connectivity index (χ1) is 18.4. The minimum absolute atomic E-state index is 0.0552. The Morgan fingerprint density at radius 2 is 1.66 bits per heavy atom. The van der Waals surface area contributed by atoms with Gasteiger partial charge in [0, 0.05) is 34.3 Å². The number of hydrogen-bond acceptors (Lipinski definition) is 8. The van der Waals surface area contributed by atoms with Crippen LogP contribution >= 0.6 is 23.1 Å². The fourth-order valence-electron chi connectivity index (χ4n) is 4.35. The van der Waals surface area contributed by atoms with Crippen LogP contribution in [0.25, 0.3) is 21.0 Å². The van der Waals surface area contributed by atoms with Gasteiger partial charge in [0.1, 0.15) is 0 Å². The van der Waals surface area contributed by atoms with E-state index in [2.05, 4.69) is 10.3 Å². The molecule has 0 unspecified atom stereocenters. The third kappa shape index (κ3) is 4.17. The van der Waals surface area contributed by atoms with Crippen molar-refractivity contribution >= 4 is 78.9 Å². The van der Waals surface area contributed by atoms with Gasteiger partial charge >= 0.3 is 0 Å². The lowest BCUT2D eigenvalue weighted by molar-refractivity contribution is -0.384. The molecule has 38 heavy (non-hydrogen) atoms. The molecule has 2 heterocycles. The highest BCUT2D eigenvalue weighted by molar-refractivity contribution is 8.01. The smallest absolute Gasteiger partial charge is 0.269 e. The van der Waals surface area contributed by atoms with Gasteiger partial charge in [-0.15, -0.1) is 11.3 Å². The lowest BCUT2D eigenvalue weighted by Gasteiger charge is -2.27. The number of fused-ring (bicyclic) bond motifs is 1. The Labute approximate surface area is 223 Å². The number of thioether (sulfide) groups is 1. The number of thiazole rings is 1. The van der Waals surface area contributed by atoms with Crippen molar-refractivity contribution in [3.8, 4) is 0 Å². The molecule has 1 N–H and O–H groups in total. The van der Waals surface area contributed by atoms with Gasteiger partial charge in [0.05, 0.1) is 26.6 Å². The first-order valence-corrected chi connectivity index (χ1v) is 13.2. The van der Waals surface area contributed by atoms with Crippen LogP contribution in [0.1, 0.15) is 20.7 Å². The summed E-state index contributed by atoms with van der Waals surface area (Å²) in [5.74, 6) is -0.935. The van der Waals surface area contributed by atoms with Crippen LogP contribution in [0.4, 0.5) is 17.1 Å². The van der Waals surface area contributed by atoms with Crippen molar-refractivity contribution in [1.29, 1.82) is 0 Å². The monoisotopic (exact) mass is 540 g/mol. The average Bonchev–Trinajstić information content (AvgIpc) is 3.33. The van der Waals surface area contributed by atoms with Crippen molar-refractivity contribution in [2.45, 2.75) is 4.34 Å². The summed E-state index contributed by atoms with van der Waals surface area (Å²) in [5.41, 5.74) is 2.52. The summed E-state index contributed by atoms with van der Waals surface area (Å²) < 4.78 is 1.43. The van der Waals surface area contributed by atoms with Crippen LogP contribution < -0.4 is 10.2 Å². The molecule has 0 bridgehead atoms. The van der Waals surface area contributed by atoms with E-state index in [0.717, 1.165) is 10.1 Å². The highest BCUT2D eigenvalue weighted by Crippen LogP contribution is 2.36. The second-order valence-electron chi connectivity index (χ2n) is 8.43. The van der Waals surface area contributed by atoms with Crippen LogP contribution in [0.3, 0.4) is 0 Å². The maximum atomic E-state index is 13.3. The van der Waals surface area contributed by atoms with Crippen molar-refractivity contribution in [3.05, 3.63) is 100 Å². The third-order valence-corrected chi connectivity index (χ3v) is 8.23. The Bertz CT molecular complexity index is 1750. The van der Waals surface area contributed by atoms with E-state index < -0.39 is 4.92 Å². The molecule has 0 fully saturated rings. The topological polar surface area (TPSA) is 123 Å². The fourth-order valence-corrected chi connectivity index (χ4v) is 6.25. The van der Waals surface area contributed by atoms with Crippen LogP contribution in [-0.2, 0) is 4.79 Å². The molecule has 1 aromatic heterocycles. The summed E-state index contributed by atoms with van der Waals surface area (Å²) in [6, 6.07) is 21.6. The molecule has 4 aromatic carbocycles. The summed E-state index contributed by atoms with van der Waals surface area (Å²) in [6.07, 6.45) is 0. The molecule has 6 rings (SSSR count). The number of anilines is 2. The molecule has 0 saturated carbocycles. The molecule has 9 nitrogen and oxygen atoms in total. The van der Waals surface area contributed by atoms with Crippen molar-refractivity contribution in [3.63, 3.8) is 0 Å². The van der Waals surface area contributed by atoms with Crippen LogP contribution in [0.15, 0.2) is 83.2 Å². The highest BCUT2D eigenvalue weighted by atomic mass is 32.2. The summed E-state index contributed by atoms with van der Waals surface area (Å²) in [4.78, 5) is 55.1. The maximum Gasteiger partial charge on any atom is 0.269 e. The molecule has 1 aliphatic heterocycles. The largest absolute Gasteiger partial charge is 0.325 e. The SMILES string of the molecule is O=C(CSc1nc2ccc(N3C(=O)c4cccc5cccc(c45)C3=O)cc2s1)Nc1ccc([N+](=O)[O-])cc1. The number of rotatable bonds is 6. The molecule has 3 amide bonds. The first-order valence-electron chi connectivity index (χ1n) is 11.4. The number of imide groups is 1. The first kappa shape index (κ1) is 23.8. The lowest BCUT2D eigenvalue weighted by Crippen LogP contribution is -2.40. The van der Waals surface area contributed by atoms with Gasteiger partial charge in [-0.2, -0.15) is 0 Å². The molecule has 0 saturated heterocycles. The predicted molar refractivity (Wildman–Crippen MR) is 147 cm³/mol. The molecule has 0 spiro atoms. The molecule has 186 valence electrons. The Kier molecular flexibility index (Phi) is 5.86. The van der Waals surface area contributed by atoms with E-state index in [9.17, 15) is 24.5 Å². The lowest BCUT2D eigenvalue weighted by atomic mass is 9.94. The van der Waals surface area contributed by atoms with Gasteiger partial charge < -0.3 is 5.32 Å². The van der Waals surface area contributed by atoms with Crippen LogP contribution in [0.2, 0.25) is 0 Å². The number of non-ortho nitro benzene ring substituents is 1. The van der Waals surface area contributed by atoms with Crippen LogP contribution in [-0.4, -0.2) is 33.4 Å². The standard InChI is InChI=1S/C27H16N4O5S2/c32-23(28-16-7-9-17(10-8-16)31(35)36)14-37-27-29-21-12-11-18(13-22(21)38-27)30-25(33)19-5-1-3-15-4-2-6-20(24(15)19)26(30)34/h1-13H,14H2,(H,28,32). The van der Waals surface area contributed by atoms with Gasteiger partial charge in [-0.3, -0.25) is 24.5 Å². The summed E-state index contributed by atoms with van der Waals surface area (Å²) in [5, 5.41) is 15.0. The van der Waals surface area contributed by atoms with Gasteiger partial charge in [0.25, 0.3) is 17.5 Å². The van der Waals surface area contributed by atoms with E-state index in [0.29, 0.717) is 37.7 Å². The normalized spacial score (nSPS) is 12.8. The highest BCUT2D eigenvalue weighted by Gasteiger charge is 2.34. The Hall–Kier alpha value is -4.61. The fraction of sp³-hybridized carbons (Fsp3) is 0.0370. The Balaban J connectivity index is 1.20. The van der Waals surface area contributed by atoms with Gasteiger partial charge in [-0.1, -0.05) is 36.0 Å². The zero-order valence-corrected chi connectivity index (χ0v) is 21.0. The number of carbonyl (C=O) groups is 3. The average molecular weight is 541 g/mol. The van der Waals surface area contributed by atoms with E-state index >= 15 is 0 Å². The number of benzene rings is 4. The molecule has 0 atom stereocenters. The quantitative estimate of drug-likeness (QED) is 0.123. The molecule has 0 radical (unpaired) electrons. The van der Waals surface area contributed by atoms with Crippen molar-refractivity contribution < 1.29 is 19.3 Å². The minimum Gasteiger partial charge on any atom is -0.325 e.